The van der Waals surface area contributed by atoms with Gasteiger partial charge in [-0.1, -0.05) is 48.5 Å². The lowest BCUT2D eigenvalue weighted by atomic mass is 10.1. The van der Waals surface area contributed by atoms with E-state index in [1.54, 1.807) is 12.1 Å². The molecule has 1 atom stereocenters. The molecule has 1 unspecified atom stereocenters. The first-order valence-corrected chi connectivity index (χ1v) is 7.52. The number of alkyl halides is 3. The van der Waals surface area contributed by atoms with Crippen molar-refractivity contribution >= 4 is 5.91 Å². The molecule has 0 aromatic heterocycles. The second-order valence-electron chi connectivity index (χ2n) is 5.44. The smallest absolute Gasteiger partial charge is 0.388 e. The van der Waals surface area contributed by atoms with Crippen molar-refractivity contribution in [2.75, 3.05) is 6.54 Å². The average Bonchev–Trinajstić information content (AvgIpc) is 2.55. The molecule has 0 bridgehead atoms. The van der Waals surface area contributed by atoms with E-state index in [9.17, 15) is 23.1 Å². The molecule has 0 aliphatic heterocycles. The summed E-state index contributed by atoms with van der Waals surface area (Å²) in [5.74, 6) is -0.380. The number of aliphatic hydroxyl groups is 1. The van der Waals surface area contributed by atoms with Crippen LogP contribution in [0, 0.1) is 0 Å². The lowest BCUT2D eigenvalue weighted by molar-refractivity contribution is -0.137. The molecule has 6 heteroatoms. The first-order valence-electron chi connectivity index (χ1n) is 7.52. The van der Waals surface area contributed by atoms with Gasteiger partial charge in [0.15, 0.2) is 0 Å². The summed E-state index contributed by atoms with van der Waals surface area (Å²) in [6.07, 6.45) is -4.92. The molecule has 0 fully saturated rings. The van der Waals surface area contributed by atoms with E-state index >= 15 is 0 Å². The van der Waals surface area contributed by atoms with E-state index in [0.29, 0.717) is 12.0 Å². The van der Waals surface area contributed by atoms with E-state index in [0.717, 1.165) is 17.7 Å². The summed E-state index contributed by atoms with van der Waals surface area (Å²) < 4.78 is 37.9. The largest absolute Gasteiger partial charge is 0.416 e. The Morgan fingerprint density at radius 3 is 2.46 bits per heavy atom. The Hall–Kier alpha value is -2.34. The van der Waals surface area contributed by atoms with E-state index in [-0.39, 0.29) is 18.9 Å². The standard InChI is InChI=1S/C18H18F3NO2/c19-18(20,21)15-8-4-5-13(11-15)12-17(24)22-10-9-16(23)14-6-2-1-3-7-14/h1-8,11,16,23H,9-10,12H2,(H,22,24). The summed E-state index contributed by atoms with van der Waals surface area (Å²) in [4.78, 5) is 11.8. The monoisotopic (exact) mass is 337 g/mol. The zero-order chi connectivity index (χ0) is 17.6. The van der Waals surface area contributed by atoms with Crippen molar-refractivity contribution in [1.82, 2.24) is 5.32 Å². The molecule has 2 N–H and O–H groups in total. The van der Waals surface area contributed by atoms with Crippen molar-refractivity contribution in [3.63, 3.8) is 0 Å². The summed E-state index contributed by atoms with van der Waals surface area (Å²) in [6, 6.07) is 13.7. The Balaban J connectivity index is 1.81. The summed E-state index contributed by atoms with van der Waals surface area (Å²) in [6.45, 7) is 0.244. The maximum atomic E-state index is 12.6. The number of hydrogen-bond donors (Lipinski definition) is 2. The molecule has 0 aliphatic carbocycles. The molecule has 128 valence electrons. The van der Waals surface area contributed by atoms with E-state index in [1.807, 2.05) is 18.2 Å². The Morgan fingerprint density at radius 2 is 1.79 bits per heavy atom. The number of hydrogen-bond acceptors (Lipinski definition) is 2. The van der Waals surface area contributed by atoms with Crippen LogP contribution in [-0.2, 0) is 17.4 Å². The van der Waals surface area contributed by atoms with Crippen molar-refractivity contribution < 1.29 is 23.1 Å². The van der Waals surface area contributed by atoms with Gasteiger partial charge in [0.1, 0.15) is 0 Å². The Labute approximate surface area is 138 Å². The lowest BCUT2D eigenvalue weighted by Gasteiger charge is -2.12. The summed E-state index contributed by atoms with van der Waals surface area (Å²) in [7, 11) is 0. The highest BCUT2D eigenvalue weighted by Crippen LogP contribution is 2.29. The van der Waals surface area contributed by atoms with Crippen LogP contribution in [0.25, 0.3) is 0 Å². The van der Waals surface area contributed by atoms with Gasteiger partial charge in [-0.2, -0.15) is 13.2 Å². The Kier molecular flexibility index (Phi) is 5.98. The molecule has 2 rings (SSSR count). The third-order valence-corrected chi connectivity index (χ3v) is 3.54. The van der Waals surface area contributed by atoms with Gasteiger partial charge >= 0.3 is 6.18 Å². The zero-order valence-corrected chi connectivity index (χ0v) is 12.9. The van der Waals surface area contributed by atoms with Gasteiger partial charge in [-0.25, -0.2) is 0 Å². The van der Waals surface area contributed by atoms with Crippen LogP contribution in [0.2, 0.25) is 0 Å². The van der Waals surface area contributed by atoms with Gasteiger partial charge in [-0.05, 0) is 23.6 Å². The number of halogens is 3. The maximum absolute atomic E-state index is 12.6. The van der Waals surface area contributed by atoms with Crippen LogP contribution < -0.4 is 5.32 Å². The predicted molar refractivity (Wildman–Crippen MR) is 84.2 cm³/mol. The highest BCUT2D eigenvalue weighted by atomic mass is 19.4. The molecule has 0 heterocycles. The van der Waals surface area contributed by atoms with Crippen molar-refractivity contribution in [2.24, 2.45) is 0 Å². The first kappa shape index (κ1) is 18.0. The van der Waals surface area contributed by atoms with Gasteiger partial charge < -0.3 is 10.4 Å². The molecule has 0 saturated heterocycles. The minimum Gasteiger partial charge on any atom is -0.388 e. The third-order valence-electron chi connectivity index (χ3n) is 3.54. The second kappa shape index (κ2) is 7.97. The van der Waals surface area contributed by atoms with E-state index in [1.165, 1.54) is 12.1 Å². The van der Waals surface area contributed by atoms with Gasteiger partial charge in [0.2, 0.25) is 5.91 Å². The van der Waals surface area contributed by atoms with E-state index in [4.69, 9.17) is 0 Å². The molecular formula is C18H18F3NO2. The molecule has 0 aliphatic rings. The summed E-state index contributed by atoms with van der Waals surface area (Å²) in [5.41, 5.74) is 0.280. The molecule has 1 amide bonds. The Bertz CT molecular complexity index is 671. The van der Waals surface area contributed by atoms with Crippen molar-refractivity contribution in [3.8, 4) is 0 Å². The average molecular weight is 337 g/mol. The fourth-order valence-corrected chi connectivity index (χ4v) is 2.30. The van der Waals surface area contributed by atoms with Gasteiger partial charge in [0.05, 0.1) is 18.1 Å². The molecule has 0 spiro atoms. The number of aliphatic hydroxyl groups excluding tert-OH is 1. The highest BCUT2D eigenvalue weighted by Gasteiger charge is 2.30. The van der Waals surface area contributed by atoms with Crippen LogP contribution in [0.3, 0.4) is 0 Å². The minimum absolute atomic E-state index is 0.134. The van der Waals surface area contributed by atoms with Gasteiger partial charge in [-0.15, -0.1) is 0 Å². The molecule has 3 nitrogen and oxygen atoms in total. The first-order chi connectivity index (χ1) is 11.4. The van der Waals surface area contributed by atoms with E-state index < -0.39 is 17.8 Å². The fraction of sp³-hybridized carbons (Fsp3) is 0.278. The van der Waals surface area contributed by atoms with Crippen LogP contribution in [0.4, 0.5) is 13.2 Å². The molecule has 2 aromatic rings. The van der Waals surface area contributed by atoms with Crippen molar-refractivity contribution in [3.05, 3.63) is 71.3 Å². The SMILES string of the molecule is O=C(Cc1cccc(C(F)(F)F)c1)NCCC(O)c1ccccc1. The van der Waals surface area contributed by atoms with Crippen LogP contribution in [-0.4, -0.2) is 17.6 Å². The topological polar surface area (TPSA) is 49.3 Å². The lowest BCUT2D eigenvalue weighted by Crippen LogP contribution is -2.27. The number of rotatable bonds is 6. The number of benzene rings is 2. The quantitative estimate of drug-likeness (QED) is 0.848. The van der Waals surface area contributed by atoms with Crippen molar-refractivity contribution in [2.45, 2.75) is 25.1 Å². The summed E-state index contributed by atoms with van der Waals surface area (Å²) in [5, 5.41) is 12.6. The maximum Gasteiger partial charge on any atom is 0.416 e. The highest BCUT2D eigenvalue weighted by molar-refractivity contribution is 5.78. The molecule has 0 saturated carbocycles. The van der Waals surface area contributed by atoms with Crippen LogP contribution >= 0.6 is 0 Å². The van der Waals surface area contributed by atoms with Crippen LogP contribution in [0.15, 0.2) is 54.6 Å². The zero-order valence-electron chi connectivity index (χ0n) is 12.9. The molecule has 2 aromatic carbocycles. The van der Waals surface area contributed by atoms with E-state index in [2.05, 4.69) is 5.32 Å². The third kappa shape index (κ3) is 5.38. The molecular weight excluding hydrogens is 319 g/mol. The fourth-order valence-electron chi connectivity index (χ4n) is 2.30. The summed E-state index contributed by atoms with van der Waals surface area (Å²) >= 11 is 0. The van der Waals surface area contributed by atoms with Gasteiger partial charge in [0, 0.05) is 6.54 Å². The van der Waals surface area contributed by atoms with Crippen molar-refractivity contribution in [1.29, 1.82) is 0 Å². The van der Waals surface area contributed by atoms with Gasteiger partial charge in [0.25, 0.3) is 0 Å². The number of nitrogens with one attached hydrogen (secondary N) is 1. The number of carbonyl (C=O) groups excluding carboxylic acids is 1. The number of carbonyl (C=O) groups is 1. The predicted octanol–water partition coefficient (Wildman–Crippen LogP) is 3.49. The van der Waals surface area contributed by atoms with Gasteiger partial charge in [-0.3, -0.25) is 4.79 Å². The minimum atomic E-state index is -4.42. The normalized spacial score (nSPS) is 12.7. The molecule has 0 radical (unpaired) electrons. The number of amides is 1. The Morgan fingerprint density at radius 1 is 1.08 bits per heavy atom. The molecule has 24 heavy (non-hydrogen) atoms. The van der Waals surface area contributed by atoms with Crippen LogP contribution in [0.5, 0.6) is 0 Å². The second-order valence-corrected chi connectivity index (χ2v) is 5.44. The van der Waals surface area contributed by atoms with Crippen LogP contribution in [0.1, 0.15) is 29.2 Å².